The van der Waals surface area contributed by atoms with Gasteiger partial charge in [0.25, 0.3) is 0 Å². The zero-order valence-corrected chi connectivity index (χ0v) is 32.3. The molecule has 286 valence electrons. The molecule has 4 aliphatic carbocycles. The minimum atomic E-state index is -1.02. The fraction of sp³-hybridized carbons (Fsp3) is 0.884. The molecule has 4 saturated carbocycles. The number of amides is 1. The SMILES string of the molecule is CCCCCCC/C=C\CCCCCCCC(=O)OC1CCC2(C)C(CCC3C2CC(O)C2(C)C(C(C)CCC(=O)NCC(=O)O)CCC32)C1. The van der Waals surface area contributed by atoms with E-state index in [1.807, 2.05) is 0 Å². The van der Waals surface area contributed by atoms with Crippen LogP contribution in [0.3, 0.4) is 0 Å². The first-order valence-electron chi connectivity index (χ1n) is 21.0. The van der Waals surface area contributed by atoms with Gasteiger partial charge in [-0.05, 0) is 136 Å². The molecule has 0 aromatic heterocycles. The van der Waals surface area contributed by atoms with E-state index < -0.39 is 5.97 Å². The first kappa shape index (κ1) is 40.9. The van der Waals surface area contributed by atoms with Crippen molar-refractivity contribution in [3.05, 3.63) is 12.2 Å². The second-order valence-electron chi connectivity index (χ2n) is 17.5. The molecule has 7 nitrogen and oxygen atoms in total. The van der Waals surface area contributed by atoms with Gasteiger partial charge in [-0.2, -0.15) is 0 Å². The van der Waals surface area contributed by atoms with Crippen molar-refractivity contribution < 1.29 is 29.3 Å². The topological polar surface area (TPSA) is 113 Å². The molecular formula is C43H73NO6. The van der Waals surface area contributed by atoms with Crippen LogP contribution in [-0.4, -0.2) is 46.8 Å². The summed E-state index contributed by atoms with van der Waals surface area (Å²) < 4.78 is 6.09. The average Bonchev–Trinajstić information content (AvgIpc) is 3.45. The van der Waals surface area contributed by atoms with E-state index in [1.54, 1.807) is 0 Å². The number of fused-ring (bicyclic) bond motifs is 5. The lowest BCUT2D eigenvalue weighted by molar-refractivity contribution is -0.181. The standard InChI is InChI=1S/C43H73NO6/c1-5-6-7-8-9-10-11-12-13-14-15-16-17-18-19-41(49)50-33-26-27-42(3)32(28-33)21-22-34-36-24-23-35(43(36,4)38(45)29-37(34)42)31(2)20-25-39(46)44-30-40(47)48/h11-12,31-38,45H,5-10,13-30H2,1-4H3,(H,44,46)(H,47,48)/b12-11-. The number of esters is 1. The van der Waals surface area contributed by atoms with Gasteiger partial charge < -0.3 is 20.3 Å². The third kappa shape index (κ3) is 10.6. The maximum Gasteiger partial charge on any atom is 0.322 e. The molecule has 3 N–H and O–H groups in total. The molecule has 0 bridgehead atoms. The fourth-order valence-corrected chi connectivity index (χ4v) is 11.5. The van der Waals surface area contributed by atoms with E-state index in [0.717, 1.165) is 57.8 Å². The molecule has 0 saturated heterocycles. The highest BCUT2D eigenvalue weighted by Crippen LogP contribution is 2.68. The molecule has 0 aromatic carbocycles. The Balaban J connectivity index is 1.15. The Hall–Kier alpha value is -1.89. The van der Waals surface area contributed by atoms with Gasteiger partial charge in [-0.15, -0.1) is 0 Å². The van der Waals surface area contributed by atoms with Crippen molar-refractivity contribution >= 4 is 17.8 Å². The molecule has 4 rings (SSSR count). The predicted molar refractivity (Wildman–Crippen MR) is 200 cm³/mol. The summed E-state index contributed by atoms with van der Waals surface area (Å²) >= 11 is 0. The zero-order chi connectivity index (χ0) is 36.1. The number of allylic oxidation sites excluding steroid dienone is 2. The summed E-state index contributed by atoms with van der Waals surface area (Å²) in [6.45, 7) is 8.96. The first-order chi connectivity index (χ1) is 24.0. The minimum absolute atomic E-state index is 0.0106. The third-order valence-corrected chi connectivity index (χ3v) is 14.4. The van der Waals surface area contributed by atoms with Gasteiger partial charge >= 0.3 is 11.9 Å². The molecule has 0 radical (unpaired) electrons. The monoisotopic (exact) mass is 700 g/mol. The molecule has 1 amide bonds. The molecule has 50 heavy (non-hydrogen) atoms. The van der Waals surface area contributed by atoms with Crippen molar-refractivity contribution in [3.63, 3.8) is 0 Å². The van der Waals surface area contributed by atoms with E-state index in [9.17, 15) is 19.5 Å². The molecule has 0 heterocycles. The number of carboxylic acids is 1. The Bertz CT molecular complexity index is 1110. The maximum absolute atomic E-state index is 12.8. The second-order valence-corrected chi connectivity index (χ2v) is 17.5. The quantitative estimate of drug-likeness (QED) is 0.0625. The van der Waals surface area contributed by atoms with E-state index in [1.165, 1.54) is 77.0 Å². The summed E-state index contributed by atoms with van der Waals surface area (Å²) in [5.74, 6) is 1.60. The molecular weight excluding hydrogens is 626 g/mol. The van der Waals surface area contributed by atoms with Crippen molar-refractivity contribution in [1.29, 1.82) is 0 Å². The lowest BCUT2D eigenvalue weighted by atomic mass is 9.43. The zero-order valence-electron chi connectivity index (χ0n) is 32.3. The Morgan fingerprint density at radius 3 is 2.22 bits per heavy atom. The van der Waals surface area contributed by atoms with Crippen LogP contribution in [0.4, 0.5) is 0 Å². The van der Waals surface area contributed by atoms with Crippen LogP contribution in [0, 0.1) is 46.3 Å². The first-order valence-corrected chi connectivity index (χ1v) is 21.0. The van der Waals surface area contributed by atoms with Crippen LogP contribution in [0.2, 0.25) is 0 Å². The normalized spacial score (nSPS) is 34.1. The number of nitrogens with one attached hydrogen (secondary N) is 1. The molecule has 4 fully saturated rings. The molecule has 4 aliphatic rings. The van der Waals surface area contributed by atoms with E-state index in [2.05, 4.69) is 45.2 Å². The number of rotatable bonds is 21. The van der Waals surface area contributed by atoms with Gasteiger partial charge in [-0.1, -0.05) is 84.8 Å². The van der Waals surface area contributed by atoms with E-state index in [4.69, 9.17) is 9.84 Å². The number of unbranched alkanes of at least 4 members (excludes halogenated alkanes) is 10. The van der Waals surface area contributed by atoms with Gasteiger partial charge in [0.05, 0.1) is 6.10 Å². The highest BCUT2D eigenvalue weighted by molar-refractivity contribution is 5.81. The Kier molecular flexibility index (Phi) is 16.2. The highest BCUT2D eigenvalue weighted by atomic mass is 16.5. The number of aliphatic hydroxyl groups excluding tert-OH is 1. The average molecular weight is 700 g/mol. The van der Waals surface area contributed by atoms with Crippen molar-refractivity contribution in [2.75, 3.05) is 6.54 Å². The Labute approximate surface area is 304 Å². The fourth-order valence-electron chi connectivity index (χ4n) is 11.5. The van der Waals surface area contributed by atoms with Crippen LogP contribution in [0.25, 0.3) is 0 Å². The van der Waals surface area contributed by atoms with Crippen LogP contribution >= 0.6 is 0 Å². The number of aliphatic carboxylic acids is 1. The third-order valence-electron chi connectivity index (χ3n) is 14.4. The molecule has 0 aromatic rings. The lowest BCUT2D eigenvalue weighted by Gasteiger charge is -2.62. The molecule has 7 heteroatoms. The number of carbonyl (C=O) groups excluding carboxylic acids is 2. The van der Waals surface area contributed by atoms with Crippen LogP contribution in [0.1, 0.15) is 175 Å². The molecule has 10 atom stereocenters. The van der Waals surface area contributed by atoms with Crippen molar-refractivity contribution in [2.45, 2.75) is 188 Å². The molecule has 0 spiro atoms. The largest absolute Gasteiger partial charge is 0.480 e. The smallest absolute Gasteiger partial charge is 0.322 e. The minimum Gasteiger partial charge on any atom is -0.480 e. The number of ether oxygens (including phenoxy) is 1. The summed E-state index contributed by atoms with van der Waals surface area (Å²) in [7, 11) is 0. The number of carboxylic acid groups (broad SMARTS) is 1. The Morgan fingerprint density at radius 1 is 0.840 bits per heavy atom. The number of hydrogen-bond donors (Lipinski definition) is 3. The van der Waals surface area contributed by atoms with Gasteiger partial charge in [-0.25, -0.2) is 0 Å². The van der Waals surface area contributed by atoms with Gasteiger partial charge in [0, 0.05) is 12.8 Å². The second kappa shape index (κ2) is 19.8. The van der Waals surface area contributed by atoms with E-state index in [-0.39, 0.29) is 41.5 Å². The van der Waals surface area contributed by atoms with Crippen LogP contribution < -0.4 is 5.32 Å². The van der Waals surface area contributed by atoms with Crippen molar-refractivity contribution in [3.8, 4) is 0 Å². The number of hydrogen-bond acceptors (Lipinski definition) is 5. The van der Waals surface area contributed by atoms with E-state index >= 15 is 0 Å². The molecule has 0 aliphatic heterocycles. The van der Waals surface area contributed by atoms with Crippen LogP contribution in [-0.2, 0) is 19.1 Å². The summed E-state index contributed by atoms with van der Waals surface area (Å²) in [5, 5.41) is 23.3. The predicted octanol–water partition coefficient (Wildman–Crippen LogP) is 9.79. The van der Waals surface area contributed by atoms with Crippen LogP contribution in [0.15, 0.2) is 12.2 Å². The highest BCUT2D eigenvalue weighted by Gasteiger charge is 2.63. The summed E-state index contributed by atoms with van der Waals surface area (Å²) in [5.41, 5.74) is 0.0439. The van der Waals surface area contributed by atoms with Gasteiger partial charge in [-0.3, -0.25) is 14.4 Å². The summed E-state index contributed by atoms with van der Waals surface area (Å²) in [6, 6.07) is 0. The number of carbonyl (C=O) groups is 3. The summed E-state index contributed by atoms with van der Waals surface area (Å²) in [4.78, 5) is 35.9. The van der Waals surface area contributed by atoms with Gasteiger partial charge in [0.2, 0.25) is 5.91 Å². The maximum atomic E-state index is 12.8. The summed E-state index contributed by atoms with van der Waals surface area (Å²) in [6.07, 6.45) is 29.3. The van der Waals surface area contributed by atoms with Crippen molar-refractivity contribution in [1.82, 2.24) is 5.32 Å². The number of aliphatic hydroxyl groups is 1. The lowest BCUT2D eigenvalue weighted by Crippen LogP contribution is -2.59. The van der Waals surface area contributed by atoms with Gasteiger partial charge in [0.15, 0.2) is 0 Å². The Morgan fingerprint density at radius 2 is 1.52 bits per heavy atom. The molecule has 10 unspecified atom stereocenters. The van der Waals surface area contributed by atoms with Crippen LogP contribution in [0.5, 0.6) is 0 Å². The van der Waals surface area contributed by atoms with Gasteiger partial charge in [0.1, 0.15) is 12.6 Å². The van der Waals surface area contributed by atoms with Crippen molar-refractivity contribution in [2.24, 2.45) is 46.3 Å². The van der Waals surface area contributed by atoms with E-state index in [0.29, 0.717) is 48.3 Å².